The highest BCUT2D eigenvalue weighted by molar-refractivity contribution is 5.51. The molecule has 0 saturated carbocycles. The Morgan fingerprint density at radius 1 is 0.960 bits per heavy atom. The third kappa shape index (κ3) is 5.10. The molecule has 25 heavy (non-hydrogen) atoms. The molecule has 0 unspecified atom stereocenters. The summed E-state index contributed by atoms with van der Waals surface area (Å²) in [6.07, 6.45) is 3.55. The van der Waals surface area contributed by atoms with Crippen LogP contribution in [-0.4, -0.2) is 41.7 Å². The van der Waals surface area contributed by atoms with E-state index in [-0.39, 0.29) is 6.42 Å². The molecule has 0 atom stereocenters. The van der Waals surface area contributed by atoms with Gasteiger partial charge in [0.15, 0.2) is 0 Å². The molecule has 9 nitrogen and oxygen atoms in total. The third-order valence-corrected chi connectivity index (χ3v) is 3.80. The molecule has 0 bridgehead atoms. The van der Waals surface area contributed by atoms with Crippen molar-refractivity contribution < 1.29 is 9.85 Å². The van der Waals surface area contributed by atoms with Gasteiger partial charge in [0.25, 0.3) is 0 Å². The first-order chi connectivity index (χ1) is 12.0. The molecule has 3 N–H and O–H groups in total. The minimum Gasteiger partial charge on any atom is -0.356 e. The Morgan fingerprint density at radius 2 is 1.52 bits per heavy atom. The minimum absolute atomic E-state index is 0.279. The number of rotatable bonds is 4. The normalized spacial score (nSPS) is 18.3. The molecule has 0 amide bonds. The van der Waals surface area contributed by atoms with E-state index < -0.39 is 15.5 Å². The van der Waals surface area contributed by atoms with Gasteiger partial charge in [-0.25, -0.2) is 0 Å². The van der Waals surface area contributed by atoms with Gasteiger partial charge in [-0.05, 0) is 24.3 Å². The fourth-order valence-electron chi connectivity index (χ4n) is 2.34. The van der Waals surface area contributed by atoms with E-state index in [1.807, 2.05) is 30.3 Å². The zero-order valence-corrected chi connectivity index (χ0v) is 13.7. The Balaban J connectivity index is 0.000000316. The smallest absolute Gasteiger partial charge is 0.356 e. The lowest BCUT2D eigenvalue weighted by Gasteiger charge is -2.17. The van der Waals surface area contributed by atoms with E-state index in [2.05, 4.69) is 16.0 Å². The summed E-state index contributed by atoms with van der Waals surface area (Å²) in [6.45, 7) is 4.56. The lowest BCUT2D eigenvalue weighted by molar-refractivity contribution is -0.780. The average Bonchev–Trinajstić information content (AvgIpc) is 2.65. The molecule has 1 aromatic carbocycles. The molecule has 0 radical (unpaired) electrons. The van der Waals surface area contributed by atoms with Crippen molar-refractivity contribution in [1.29, 1.82) is 0 Å². The largest absolute Gasteiger partial charge is 0.481 e. The molecule has 1 saturated heterocycles. The summed E-state index contributed by atoms with van der Waals surface area (Å²) in [4.78, 5) is 19.9. The highest BCUT2D eigenvalue weighted by Crippen LogP contribution is 2.25. The molecule has 1 fully saturated rings. The Labute approximate surface area is 145 Å². The summed E-state index contributed by atoms with van der Waals surface area (Å²) in [5, 5.41) is 31.2. The second-order valence-electron chi connectivity index (χ2n) is 5.58. The first-order valence-corrected chi connectivity index (χ1v) is 7.96. The predicted octanol–water partition coefficient (Wildman–Crippen LogP) is 1.37. The van der Waals surface area contributed by atoms with Crippen LogP contribution >= 0.6 is 0 Å². The van der Waals surface area contributed by atoms with Crippen LogP contribution in [0.5, 0.6) is 0 Å². The van der Waals surface area contributed by atoms with Crippen LogP contribution < -0.4 is 16.0 Å². The minimum atomic E-state index is -2.25. The van der Waals surface area contributed by atoms with Crippen molar-refractivity contribution in [2.75, 3.05) is 31.5 Å². The highest BCUT2D eigenvalue weighted by atomic mass is 16.7. The van der Waals surface area contributed by atoms with Crippen LogP contribution in [0.25, 0.3) is 0 Å². The van der Waals surface area contributed by atoms with Gasteiger partial charge in [0.2, 0.25) is 0 Å². The van der Waals surface area contributed by atoms with Gasteiger partial charge in [0.05, 0.1) is 6.08 Å². The number of hydrogen-bond acceptors (Lipinski definition) is 7. The van der Waals surface area contributed by atoms with Crippen LogP contribution in [0, 0.1) is 20.2 Å². The molecular weight excluding hydrogens is 326 g/mol. The summed E-state index contributed by atoms with van der Waals surface area (Å²) in [6, 6.07) is 9.21. The zero-order chi connectivity index (χ0) is 18.1. The Morgan fingerprint density at radius 3 is 1.92 bits per heavy atom. The molecule has 1 heterocycles. The van der Waals surface area contributed by atoms with Crippen molar-refractivity contribution in [3.05, 3.63) is 74.5 Å². The fourth-order valence-corrected chi connectivity index (χ4v) is 2.34. The maximum atomic E-state index is 10.8. The molecule has 1 aliphatic heterocycles. The van der Waals surface area contributed by atoms with Gasteiger partial charge in [0.1, 0.15) is 16.3 Å². The monoisotopic (exact) mass is 347 g/mol. The zero-order valence-electron chi connectivity index (χ0n) is 13.7. The number of piperazine rings is 1. The highest BCUT2D eigenvalue weighted by Gasteiger charge is 2.53. The summed E-state index contributed by atoms with van der Waals surface area (Å²) < 4.78 is 0. The quantitative estimate of drug-likeness (QED) is 0.427. The van der Waals surface area contributed by atoms with Crippen molar-refractivity contribution in [1.82, 2.24) is 10.6 Å². The number of allylic oxidation sites excluding steroid dienone is 1. The second-order valence-corrected chi connectivity index (χ2v) is 5.58. The maximum Gasteiger partial charge on any atom is 0.481 e. The lowest BCUT2D eigenvalue weighted by Crippen LogP contribution is -2.45. The molecular formula is C16H21N5O4. The van der Waals surface area contributed by atoms with Gasteiger partial charge in [-0.15, -0.1) is 0 Å². The van der Waals surface area contributed by atoms with Gasteiger partial charge < -0.3 is 16.0 Å². The van der Waals surface area contributed by atoms with Crippen LogP contribution in [0.4, 0.5) is 5.69 Å². The standard InChI is InChI=1S/C12H11N3O4.C4H10N2/c16-14(17)12(15(18)19)8-6-11(7-9-12)13-10-4-2-1-3-5-10;1-2-6-4-3-5-1/h1-8,13H,9H2;5-6H,1-4H2. The average molecular weight is 347 g/mol. The maximum absolute atomic E-state index is 10.8. The van der Waals surface area contributed by atoms with Crippen LogP contribution in [0.2, 0.25) is 0 Å². The number of benzene rings is 1. The van der Waals surface area contributed by atoms with Gasteiger partial charge >= 0.3 is 5.66 Å². The number of nitrogens with zero attached hydrogens (tertiary/aromatic N) is 2. The van der Waals surface area contributed by atoms with Gasteiger partial charge in [-0.3, -0.25) is 20.2 Å². The van der Waals surface area contributed by atoms with Crippen molar-refractivity contribution in [3.8, 4) is 0 Å². The summed E-state index contributed by atoms with van der Waals surface area (Å²) in [7, 11) is 0. The number of para-hydroxylation sites is 1. The van der Waals surface area contributed by atoms with E-state index in [1.54, 1.807) is 0 Å². The van der Waals surface area contributed by atoms with E-state index in [1.165, 1.54) is 12.2 Å². The van der Waals surface area contributed by atoms with Gasteiger partial charge in [-0.1, -0.05) is 18.2 Å². The van der Waals surface area contributed by atoms with Crippen LogP contribution in [0.3, 0.4) is 0 Å². The van der Waals surface area contributed by atoms with Crippen LogP contribution in [-0.2, 0) is 0 Å². The predicted molar refractivity (Wildman–Crippen MR) is 94.4 cm³/mol. The lowest BCUT2D eigenvalue weighted by atomic mass is 10.0. The van der Waals surface area contributed by atoms with E-state index in [4.69, 9.17) is 0 Å². The van der Waals surface area contributed by atoms with E-state index in [0.717, 1.165) is 37.9 Å². The summed E-state index contributed by atoms with van der Waals surface area (Å²) in [5.74, 6) is 0. The first kappa shape index (κ1) is 18.6. The Kier molecular flexibility index (Phi) is 6.61. The van der Waals surface area contributed by atoms with Crippen molar-refractivity contribution in [2.24, 2.45) is 0 Å². The van der Waals surface area contributed by atoms with Gasteiger partial charge in [-0.2, -0.15) is 0 Å². The van der Waals surface area contributed by atoms with E-state index in [9.17, 15) is 20.2 Å². The van der Waals surface area contributed by atoms with Crippen LogP contribution in [0.15, 0.2) is 54.3 Å². The van der Waals surface area contributed by atoms with Gasteiger partial charge in [0, 0.05) is 37.6 Å². The summed E-state index contributed by atoms with van der Waals surface area (Å²) in [5.41, 5.74) is -0.833. The summed E-state index contributed by atoms with van der Waals surface area (Å²) >= 11 is 0. The third-order valence-electron chi connectivity index (χ3n) is 3.80. The molecule has 1 aromatic rings. The fraction of sp³-hybridized carbons (Fsp3) is 0.375. The van der Waals surface area contributed by atoms with E-state index in [0.29, 0.717) is 5.70 Å². The van der Waals surface area contributed by atoms with Crippen molar-refractivity contribution >= 4 is 5.69 Å². The Hall–Kier alpha value is -2.78. The van der Waals surface area contributed by atoms with Crippen molar-refractivity contribution in [2.45, 2.75) is 12.1 Å². The molecule has 134 valence electrons. The van der Waals surface area contributed by atoms with Crippen LogP contribution in [0.1, 0.15) is 6.42 Å². The first-order valence-electron chi connectivity index (χ1n) is 7.96. The SMILES string of the molecule is C1CNCCN1.O=[N+]([O-])C1([N+](=O)[O-])C=CC(Nc2ccccc2)=CC1. The molecule has 9 heteroatoms. The number of nitro groups is 2. The Bertz CT molecular complexity index is 630. The number of nitrogens with one attached hydrogen (secondary N) is 3. The molecule has 0 spiro atoms. The second kappa shape index (κ2) is 8.90. The molecule has 1 aliphatic carbocycles. The number of anilines is 1. The van der Waals surface area contributed by atoms with E-state index >= 15 is 0 Å². The molecule has 2 aliphatic rings. The number of hydrogen-bond donors (Lipinski definition) is 3. The van der Waals surface area contributed by atoms with Crippen molar-refractivity contribution in [3.63, 3.8) is 0 Å². The molecule has 0 aromatic heterocycles. The molecule has 3 rings (SSSR count). The topological polar surface area (TPSA) is 122 Å².